The third-order valence-electron chi connectivity index (χ3n) is 7.79. The number of carbonyl (C=O) groups is 3. The molecule has 1 saturated carbocycles. The highest BCUT2D eigenvalue weighted by atomic mass is 32.2. The van der Waals surface area contributed by atoms with Gasteiger partial charge in [0.1, 0.15) is 11.5 Å². The summed E-state index contributed by atoms with van der Waals surface area (Å²) in [5.74, 6) is 0.956. The number of benzene rings is 2. The second-order valence-electron chi connectivity index (χ2n) is 10.2. The molecular weight excluding hydrogens is 514 g/mol. The van der Waals surface area contributed by atoms with E-state index in [-0.39, 0.29) is 47.3 Å². The molecule has 9 nitrogen and oxygen atoms in total. The van der Waals surface area contributed by atoms with E-state index in [0.29, 0.717) is 16.4 Å². The summed E-state index contributed by atoms with van der Waals surface area (Å²) in [6.07, 6.45) is 4.53. The molecule has 3 aliphatic heterocycles. The molecule has 3 heterocycles. The standard InChI is InChI=1S/C29H31N5O4S/c1-2-23(35)31-20-9-6-10-21(20)32-27(36)26-25-24-22(15-16-30-28(24)39-26)34(29(37)33-25)17-11-13-19(14-12-17)38-18-7-4-3-5-8-18/h2-5,7-8,11-14,20-22,24,28,30H,1,6,9-10,15-16H2,(H,31,35)(H,32,36)(H,33,37)/t20-,21+,22?,24?,28?/m0/s1. The van der Waals surface area contributed by atoms with Crippen molar-refractivity contribution in [1.82, 2.24) is 21.3 Å². The zero-order chi connectivity index (χ0) is 26.9. The van der Waals surface area contributed by atoms with E-state index in [1.54, 1.807) is 0 Å². The highest BCUT2D eigenvalue weighted by Gasteiger charge is 2.52. The van der Waals surface area contributed by atoms with E-state index in [0.717, 1.165) is 43.7 Å². The van der Waals surface area contributed by atoms with Crippen LogP contribution in [0.2, 0.25) is 0 Å². The van der Waals surface area contributed by atoms with Gasteiger partial charge in [0.05, 0.1) is 16.3 Å². The Labute approximate surface area is 231 Å². The van der Waals surface area contributed by atoms with Crippen LogP contribution >= 0.6 is 11.8 Å². The summed E-state index contributed by atoms with van der Waals surface area (Å²) in [6.45, 7) is 4.26. The van der Waals surface area contributed by atoms with Gasteiger partial charge < -0.3 is 26.0 Å². The number of carbonyl (C=O) groups excluding carboxylic acids is 3. The Hall–Kier alpha value is -3.76. The van der Waals surface area contributed by atoms with Crippen molar-refractivity contribution in [2.75, 3.05) is 11.4 Å². The van der Waals surface area contributed by atoms with Crippen LogP contribution in [0.25, 0.3) is 0 Å². The maximum Gasteiger partial charge on any atom is 0.326 e. The molecule has 2 aromatic rings. The van der Waals surface area contributed by atoms with Crippen molar-refractivity contribution in [2.24, 2.45) is 5.92 Å². The second kappa shape index (κ2) is 10.8. The van der Waals surface area contributed by atoms with Crippen LogP contribution in [0.1, 0.15) is 25.7 Å². The number of thioether (sulfide) groups is 1. The fraction of sp³-hybridized carbons (Fsp3) is 0.345. The maximum absolute atomic E-state index is 13.5. The molecular formula is C29H31N5O4S. The molecule has 2 aromatic carbocycles. The van der Waals surface area contributed by atoms with Crippen LogP contribution in [0.3, 0.4) is 0 Å². The molecule has 10 heteroatoms. The van der Waals surface area contributed by atoms with Crippen LogP contribution < -0.4 is 30.9 Å². The Morgan fingerprint density at radius 1 is 1.00 bits per heavy atom. The Morgan fingerprint density at radius 3 is 2.46 bits per heavy atom. The lowest BCUT2D eigenvalue weighted by molar-refractivity contribution is -0.119. The molecule has 39 heavy (non-hydrogen) atoms. The Balaban J connectivity index is 1.20. The Bertz CT molecular complexity index is 1310. The number of rotatable bonds is 7. The van der Waals surface area contributed by atoms with Crippen molar-refractivity contribution in [2.45, 2.75) is 49.2 Å². The van der Waals surface area contributed by atoms with Gasteiger partial charge in [-0.3, -0.25) is 14.5 Å². The highest BCUT2D eigenvalue weighted by molar-refractivity contribution is 8.04. The molecule has 5 atom stereocenters. The van der Waals surface area contributed by atoms with Crippen LogP contribution in [0, 0.1) is 5.92 Å². The summed E-state index contributed by atoms with van der Waals surface area (Å²) in [6, 6.07) is 16.5. The SMILES string of the molecule is C=CC(=O)N[C@H]1CCC[C@H]1NC(=O)C1=C2NC(=O)N(c3ccc(Oc4ccccc4)cc3)C3CCNC(S1)C23. The molecule has 3 fully saturated rings. The number of ether oxygens (including phenoxy) is 1. The zero-order valence-corrected chi connectivity index (χ0v) is 22.2. The highest BCUT2D eigenvalue weighted by Crippen LogP contribution is 2.48. The van der Waals surface area contributed by atoms with Crippen molar-refractivity contribution < 1.29 is 19.1 Å². The average molecular weight is 546 g/mol. The monoisotopic (exact) mass is 545 g/mol. The summed E-state index contributed by atoms with van der Waals surface area (Å²) in [4.78, 5) is 41.1. The van der Waals surface area contributed by atoms with Crippen molar-refractivity contribution in [3.05, 3.63) is 77.9 Å². The first-order valence-electron chi connectivity index (χ1n) is 13.3. The van der Waals surface area contributed by atoms with Gasteiger partial charge in [-0.15, -0.1) is 0 Å². The molecule has 4 N–H and O–H groups in total. The van der Waals surface area contributed by atoms with E-state index in [2.05, 4.69) is 27.8 Å². The van der Waals surface area contributed by atoms with Gasteiger partial charge in [0.15, 0.2) is 0 Å². The van der Waals surface area contributed by atoms with Crippen LogP contribution in [-0.2, 0) is 9.59 Å². The first-order valence-corrected chi connectivity index (χ1v) is 14.2. The maximum atomic E-state index is 13.5. The van der Waals surface area contributed by atoms with Gasteiger partial charge in [-0.05, 0) is 74.7 Å². The zero-order valence-electron chi connectivity index (χ0n) is 21.4. The van der Waals surface area contributed by atoms with Crippen molar-refractivity contribution >= 4 is 35.3 Å². The topological polar surface area (TPSA) is 112 Å². The normalized spacial score (nSPS) is 27.4. The first kappa shape index (κ1) is 25.5. The summed E-state index contributed by atoms with van der Waals surface area (Å²) >= 11 is 1.48. The summed E-state index contributed by atoms with van der Waals surface area (Å²) in [5.41, 5.74) is 1.47. The van der Waals surface area contributed by atoms with Crippen molar-refractivity contribution in [1.29, 1.82) is 0 Å². The number of amides is 4. The van der Waals surface area contributed by atoms with Crippen molar-refractivity contribution in [3.63, 3.8) is 0 Å². The summed E-state index contributed by atoms with van der Waals surface area (Å²) in [7, 11) is 0. The fourth-order valence-electron chi connectivity index (χ4n) is 6.00. The van der Waals surface area contributed by atoms with Crippen LogP contribution in [-0.4, -0.2) is 47.9 Å². The molecule has 2 saturated heterocycles. The molecule has 0 spiro atoms. The molecule has 0 aromatic heterocycles. The smallest absolute Gasteiger partial charge is 0.326 e. The van der Waals surface area contributed by atoms with Crippen LogP contribution in [0.4, 0.5) is 10.5 Å². The van der Waals surface area contributed by atoms with E-state index >= 15 is 0 Å². The van der Waals surface area contributed by atoms with Gasteiger partial charge in [-0.2, -0.15) is 0 Å². The minimum absolute atomic E-state index is 0.0110. The van der Waals surface area contributed by atoms with E-state index in [9.17, 15) is 14.4 Å². The van der Waals surface area contributed by atoms with E-state index in [1.165, 1.54) is 17.8 Å². The first-order chi connectivity index (χ1) is 19.0. The fourth-order valence-corrected chi connectivity index (χ4v) is 7.40. The molecule has 1 aliphatic carbocycles. The molecule has 202 valence electrons. The summed E-state index contributed by atoms with van der Waals surface area (Å²) in [5, 5.41) is 12.6. The van der Waals surface area contributed by atoms with Crippen LogP contribution in [0.5, 0.6) is 11.5 Å². The summed E-state index contributed by atoms with van der Waals surface area (Å²) < 4.78 is 5.92. The van der Waals surface area contributed by atoms with Gasteiger partial charge in [0.2, 0.25) is 5.91 Å². The number of para-hydroxylation sites is 1. The lowest BCUT2D eigenvalue weighted by Gasteiger charge is -2.45. The number of anilines is 1. The van der Waals surface area contributed by atoms with Gasteiger partial charge in [-0.25, -0.2) is 4.79 Å². The lowest BCUT2D eigenvalue weighted by Crippen LogP contribution is -2.62. The van der Waals surface area contributed by atoms with E-state index in [1.807, 2.05) is 59.5 Å². The van der Waals surface area contributed by atoms with Gasteiger partial charge in [0.25, 0.3) is 5.91 Å². The molecule has 0 bridgehead atoms. The molecule has 0 radical (unpaired) electrons. The van der Waals surface area contributed by atoms with Crippen molar-refractivity contribution in [3.8, 4) is 11.5 Å². The molecule has 4 aliphatic rings. The lowest BCUT2D eigenvalue weighted by atomic mass is 9.86. The van der Waals surface area contributed by atoms with E-state index < -0.39 is 0 Å². The Morgan fingerprint density at radius 2 is 1.72 bits per heavy atom. The van der Waals surface area contributed by atoms with Gasteiger partial charge >= 0.3 is 6.03 Å². The predicted molar refractivity (Wildman–Crippen MR) is 150 cm³/mol. The molecule has 3 unspecified atom stereocenters. The van der Waals surface area contributed by atoms with Gasteiger partial charge in [-0.1, -0.05) is 36.5 Å². The third kappa shape index (κ3) is 5.02. The number of nitrogens with one attached hydrogen (secondary N) is 4. The number of hydrogen-bond donors (Lipinski definition) is 4. The number of nitrogens with zero attached hydrogens (tertiary/aromatic N) is 1. The Kier molecular flexibility index (Phi) is 7.05. The quantitative estimate of drug-likeness (QED) is 0.396. The minimum Gasteiger partial charge on any atom is -0.457 e. The number of piperidine rings is 1. The number of hydrogen-bond acceptors (Lipinski definition) is 6. The average Bonchev–Trinajstić information content (AvgIpc) is 3.54. The minimum atomic E-state index is -0.242. The van der Waals surface area contributed by atoms with Crippen LogP contribution in [0.15, 0.2) is 77.9 Å². The van der Waals surface area contributed by atoms with E-state index in [4.69, 9.17) is 4.74 Å². The predicted octanol–water partition coefficient (Wildman–Crippen LogP) is 3.61. The second-order valence-corrected chi connectivity index (χ2v) is 11.3. The van der Waals surface area contributed by atoms with Gasteiger partial charge in [0, 0.05) is 29.4 Å². The third-order valence-corrected chi connectivity index (χ3v) is 9.14. The number of urea groups is 1. The largest absolute Gasteiger partial charge is 0.457 e. The molecule has 4 amide bonds. The molecule has 6 rings (SSSR count).